The molecular formula is C17H19BrClNO. The number of benzene rings is 2. The molecule has 4 heteroatoms. The molecule has 0 aromatic heterocycles. The molecule has 0 aliphatic heterocycles. The smallest absolute Gasteiger partial charge is 0.124 e. The fraction of sp³-hybridized carbons (Fsp3) is 0.294. The van der Waals surface area contributed by atoms with Crippen LogP contribution in [-0.2, 0) is 13.2 Å². The molecule has 0 spiro atoms. The molecule has 0 saturated carbocycles. The number of nitrogens with one attached hydrogen (secondary N) is 1. The molecule has 2 aromatic rings. The van der Waals surface area contributed by atoms with Gasteiger partial charge in [-0.05, 0) is 24.3 Å². The highest BCUT2D eigenvalue weighted by Gasteiger charge is 2.07. The van der Waals surface area contributed by atoms with E-state index >= 15 is 0 Å². The van der Waals surface area contributed by atoms with Crippen molar-refractivity contribution in [1.29, 1.82) is 0 Å². The molecule has 0 fully saturated rings. The molecule has 112 valence electrons. The summed E-state index contributed by atoms with van der Waals surface area (Å²) in [6.45, 7) is 5.50. The zero-order valence-electron chi connectivity index (χ0n) is 12.2. The van der Waals surface area contributed by atoms with Crippen LogP contribution in [-0.4, -0.2) is 6.04 Å². The number of hydrogen-bond donors (Lipinski definition) is 1. The van der Waals surface area contributed by atoms with E-state index in [2.05, 4.69) is 35.1 Å². The van der Waals surface area contributed by atoms with Gasteiger partial charge in [-0.15, -0.1) is 0 Å². The van der Waals surface area contributed by atoms with E-state index in [0.717, 1.165) is 32.9 Å². The van der Waals surface area contributed by atoms with E-state index in [0.29, 0.717) is 12.6 Å². The van der Waals surface area contributed by atoms with Crippen LogP contribution in [0.1, 0.15) is 25.0 Å². The Labute approximate surface area is 139 Å². The van der Waals surface area contributed by atoms with Crippen LogP contribution >= 0.6 is 27.5 Å². The molecule has 2 nitrogen and oxygen atoms in total. The van der Waals surface area contributed by atoms with Crippen LogP contribution in [0.4, 0.5) is 0 Å². The Balaban J connectivity index is 2.10. The first-order valence-electron chi connectivity index (χ1n) is 6.94. The molecule has 0 bridgehead atoms. The molecule has 21 heavy (non-hydrogen) atoms. The highest BCUT2D eigenvalue weighted by Crippen LogP contribution is 2.25. The van der Waals surface area contributed by atoms with Gasteiger partial charge in [-0.3, -0.25) is 0 Å². The summed E-state index contributed by atoms with van der Waals surface area (Å²) in [6, 6.07) is 14.2. The van der Waals surface area contributed by atoms with E-state index in [1.165, 1.54) is 0 Å². The lowest BCUT2D eigenvalue weighted by Gasteiger charge is -2.14. The second-order valence-corrected chi connectivity index (χ2v) is 6.46. The minimum Gasteiger partial charge on any atom is -0.489 e. The predicted molar refractivity (Wildman–Crippen MR) is 91.9 cm³/mol. The Bertz CT molecular complexity index is 601. The largest absolute Gasteiger partial charge is 0.489 e. The molecule has 0 atom stereocenters. The summed E-state index contributed by atoms with van der Waals surface area (Å²) in [5, 5.41) is 4.12. The van der Waals surface area contributed by atoms with Crippen molar-refractivity contribution < 1.29 is 4.74 Å². The molecule has 0 unspecified atom stereocenters. The van der Waals surface area contributed by atoms with Gasteiger partial charge in [-0.2, -0.15) is 0 Å². The van der Waals surface area contributed by atoms with Crippen LogP contribution in [0.3, 0.4) is 0 Å². The van der Waals surface area contributed by atoms with E-state index in [9.17, 15) is 0 Å². The maximum atomic E-state index is 6.08. The number of halogens is 2. The average molecular weight is 369 g/mol. The van der Waals surface area contributed by atoms with Gasteiger partial charge in [0.25, 0.3) is 0 Å². The minimum atomic E-state index is 0.417. The fourth-order valence-electron chi connectivity index (χ4n) is 1.91. The van der Waals surface area contributed by atoms with Crippen molar-refractivity contribution in [2.45, 2.75) is 33.0 Å². The lowest BCUT2D eigenvalue weighted by molar-refractivity contribution is 0.301. The van der Waals surface area contributed by atoms with Crippen molar-refractivity contribution in [2.24, 2.45) is 0 Å². The first-order valence-corrected chi connectivity index (χ1v) is 8.11. The topological polar surface area (TPSA) is 21.3 Å². The Morgan fingerprint density at radius 1 is 1.14 bits per heavy atom. The van der Waals surface area contributed by atoms with E-state index in [1.54, 1.807) is 0 Å². The third-order valence-corrected chi connectivity index (χ3v) is 4.07. The van der Waals surface area contributed by atoms with Crippen molar-refractivity contribution in [3.8, 4) is 5.75 Å². The Kier molecular flexibility index (Phi) is 6.09. The third kappa shape index (κ3) is 5.03. The van der Waals surface area contributed by atoms with Gasteiger partial charge in [-0.25, -0.2) is 0 Å². The molecular weight excluding hydrogens is 350 g/mol. The van der Waals surface area contributed by atoms with Crippen LogP contribution in [0.25, 0.3) is 0 Å². The van der Waals surface area contributed by atoms with Gasteiger partial charge in [0.05, 0.1) is 0 Å². The summed E-state index contributed by atoms with van der Waals surface area (Å²) in [7, 11) is 0. The Hall–Kier alpha value is -1.03. The van der Waals surface area contributed by atoms with Gasteiger partial charge < -0.3 is 10.1 Å². The molecule has 0 heterocycles. The zero-order valence-corrected chi connectivity index (χ0v) is 14.5. The van der Waals surface area contributed by atoms with Crippen LogP contribution in [0.2, 0.25) is 5.02 Å². The van der Waals surface area contributed by atoms with Gasteiger partial charge in [-0.1, -0.05) is 59.6 Å². The van der Waals surface area contributed by atoms with Crippen molar-refractivity contribution in [1.82, 2.24) is 5.32 Å². The van der Waals surface area contributed by atoms with Crippen molar-refractivity contribution >= 4 is 27.5 Å². The maximum Gasteiger partial charge on any atom is 0.124 e. The lowest BCUT2D eigenvalue weighted by atomic mass is 10.2. The van der Waals surface area contributed by atoms with Gasteiger partial charge in [0.2, 0.25) is 0 Å². The summed E-state index contributed by atoms with van der Waals surface area (Å²) >= 11 is 9.62. The highest BCUT2D eigenvalue weighted by molar-refractivity contribution is 9.10. The number of hydrogen-bond acceptors (Lipinski definition) is 2. The van der Waals surface area contributed by atoms with Crippen LogP contribution in [0.5, 0.6) is 5.75 Å². The minimum absolute atomic E-state index is 0.417. The van der Waals surface area contributed by atoms with E-state index in [1.807, 2.05) is 42.5 Å². The predicted octanol–water partition coefficient (Wildman–Crippen LogP) is 5.18. The SMILES string of the molecule is CC(C)NCc1cc(Cl)ccc1OCc1ccccc1Br. The monoisotopic (exact) mass is 367 g/mol. The molecule has 0 radical (unpaired) electrons. The molecule has 0 saturated heterocycles. The molecule has 2 rings (SSSR count). The molecule has 2 aromatic carbocycles. The first-order chi connectivity index (χ1) is 10.1. The quantitative estimate of drug-likeness (QED) is 0.758. The summed E-state index contributed by atoms with van der Waals surface area (Å²) in [5.41, 5.74) is 2.19. The van der Waals surface area contributed by atoms with Gasteiger partial charge >= 0.3 is 0 Å². The first kappa shape index (κ1) is 16.3. The van der Waals surface area contributed by atoms with Gasteiger partial charge in [0.1, 0.15) is 12.4 Å². The summed E-state index contributed by atoms with van der Waals surface area (Å²) in [5.74, 6) is 0.864. The third-order valence-electron chi connectivity index (χ3n) is 3.06. The van der Waals surface area contributed by atoms with E-state index in [-0.39, 0.29) is 0 Å². The van der Waals surface area contributed by atoms with E-state index < -0.39 is 0 Å². The number of ether oxygens (including phenoxy) is 1. The Morgan fingerprint density at radius 3 is 2.62 bits per heavy atom. The lowest BCUT2D eigenvalue weighted by Crippen LogP contribution is -2.22. The average Bonchev–Trinajstić information content (AvgIpc) is 2.45. The van der Waals surface area contributed by atoms with Gasteiger partial charge in [0.15, 0.2) is 0 Å². The van der Waals surface area contributed by atoms with Crippen molar-refractivity contribution in [3.63, 3.8) is 0 Å². The van der Waals surface area contributed by atoms with E-state index in [4.69, 9.17) is 16.3 Å². The summed E-state index contributed by atoms with van der Waals surface area (Å²) < 4.78 is 7.02. The highest BCUT2D eigenvalue weighted by atomic mass is 79.9. The molecule has 0 aliphatic carbocycles. The second-order valence-electron chi connectivity index (χ2n) is 5.17. The van der Waals surface area contributed by atoms with Crippen LogP contribution < -0.4 is 10.1 Å². The second kappa shape index (κ2) is 7.83. The van der Waals surface area contributed by atoms with Crippen molar-refractivity contribution in [3.05, 3.63) is 63.1 Å². The maximum absolute atomic E-state index is 6.08. The van der Waals surface area contributed by atoms with Crippen LogP contribution in [0.15, 0.2) is 46.9 Å². The van der Waals surface area contributed by atoms with Crippen LogP contribution in [0, 0.1) is 0 Å². The zero-order chi connectivity index (χ0) is 15.2. The standard InChI is InChI=1S/C17H19BrClNO/c1-12(2)20-10-14-9-15(19)7-8-17(14)21-11-13-5-3-4-6-16(13)18/h3-9,12,20H,10-11H2,1-2H3. The fourth-order valence-corrected chi connectivity index (χ4v) is 2.51. The molecule has 0 amide bonds. The Morgan fingerprint density at radius 2 is 1.90 bits per heavy atom. The summed E-state index contributed by atoms with van der Waals surface area (Å²) in [4.78, 5) is 0. The molecule has 0 aliphatic rings. The number of rotatable bonds is 6. The normalized spacial score (nSPS) is 10.9. The molecule has 1 N–H and O–H groups in total. The summed E-state index contributed by atoms with van der Waals surface area (Å²) in [6.07, 6.45) is 0. The van der Waals surface area contributed by atoms with Crippen molar-refractivity contribution in [2.75, 3.05) is 0 Å². The van der Waals surface area contributed by atoms with Gasteiger partial charge in [0, 0.05) is 33.2 Å².